The molecule has 0 fully saturated rings. The molecule has 1 aromatic rings. The molecular formula is C16H28NO2+. The third kappa shape index (κ3) is 6.08. The molecule has 0 aliphatic heterocycles. The molecule has 1 rings (SSSR count). The van der Waals surface area contributed by atoms with Crippen LogP contribution >= 0.6 is 0 Å². The molecule has 0 aliphatic carbocycles. The molecule has 108 valence electrons. The van der Waals surface area contributed by atoms with Crippen molar-refractivity contribution in [3.63, 3.8) is 0 Å². The quantitative estimate of drug-likeness (QED) is 0.733. The van der Waals surface area contributed by atoms with E-state index in [4.69, 9.17) is 4.74 Å². The maximum absolute atomic E-state index is 10.1. The topological polar surface area (TPSA) is 29.5 Å². The Labute approximate surface area is 117 Å². The number of aliphatic hydroxyl groups is 1. The molecule has 0 saturated heterocycles. The van der Waals surface area contributed by atoms with Crippen LogP contribution in [0.15, 0.2) is 24.3 Å². The number of quaternary nitrogens is 1. The van der Waals surface area contributed by atoms with Crippen molar-refractivity contribution in [1.82, 2.24) is 0 Å². The van der Waals surface area contributed by atoms with E-state index in [1.54, 1.807) is 7.11 Å². The van der Waals surface area contributed by atoms with Crippen LogP contribution in [0.1, 0.15) is 31.7 Å². The maximum Gasteiger partial charge on any atom is 0.119 e. The normalized spacial score (nSPS) is 13.3. The molecule has 3 heteroatoms. The first-order valence-corrected chi connectivity index (χ1v) is 7.10. The zero-order valence-corrected chi connectivity index (χ0v) is 12.7. The number of nitrogens with zero attached hydrogens (tertiary/aromatic N) is 1. The molecule has 3 nitrogen and oxygen atoms in total. The molecule has 0 saturated carbocycles. The van der Waals surface area contributed by atoms with Gasteiger partial charge in [0, 0.05) is 5.56 Å². The predicted molar refractivity (Wildman–Crippen MR) is 79.2 cm³/mol. The Balaban J connectivity index is 2.57. The fourth-order valence-electron chi connectivity index (χ4n) is 2.43. The van der Waals surface area contributed by atoms with Crippen molar-refractivity contribution in [2.45, 2.75) is 38.8 Å². The summed E-state index contributed by atoms with van der Waals surface area (Å²) in [7, 11) is 6.01. The van der Waals surface area contributed by atoms with Gasteiger partial charge in [0.1, 0.15) is 24.9 Å². The van der Waals surface area contributed by atoms with Crippen molar-refractivity contribution in [1.29, 1.82) is 0 Å². The second-order valence-corrected chi connectivity index (χ2v) is 5.92. The summed E-state index contributed by atoms with van der Waals surface area (Å²) in [5.41, 5.74) is 1.24. The number of likely N-dealkylation sites (N-methyl/N-ethyl adjacent to an activating group) is 1. The average molecular weight is 266 g/mol. The molecule has 1 N–H and O–H groups in total. The molecule has 0 bridgehead atoms. The van der Waals surface area contributed by atoms with Crippen molar-refractivity contribution < 1.29 is 14.3 Å². The molecule has 19 heavy (non-hydrogen) atoms. The minimum atomic E-state index is -0.208. The SMILES string of the molecule is CCCCC(O)C[N+](C)(C)Cc1cccc(OC)c1. The number of unbranched alkanes of at least 4 members (excludes halogenated alkanes) is 1. The zero-order chi connectivity index (χ0) is 14.3. The van der Waals surface area contributed by atoms with Crippen LogP contribution in [0.5, 0.6) is 5.75 Å². The van der Waals surface area contributed by atoms with Gasteiger partial charge in [0.15, 0.2) is 0 Å². The van der Waals surface area contributed by atoms with Gasteiger partial charge in [-0.25, -0.2) is 0 Å². The minimum Gasteiger partial charge on any atom is -0.497 e. The number of ether oxygens (including phenoxy) is 1. The first-order valence-electron chi connectivity index (χ1n) is 7.10. The molecule has 0 radical (unpaired) electrons. The number of benzene rings is 1. The second-order valence-electron chi connectivity index (χ2n) is 5.92. The summed E-state index contributed by atoms with van der Waals surface area (Å²) in [5, 5.41) is 10.1. The third-order valence-corrected chi connectivity index (χ3v) is 3.34. The van der Waals surface area contributed by atoms with Gasteiger partial charge in [-0.3, -0.25) is 0 Å². The van der Waals surface area contributed by atoms with E-state index in [0.717, 1.165) is 42.6 Å². The van der Waals surface area contributed by atoms with Crippen molar-refractivity contribution in [2.75, 3.05) is 27.7 Å². The van der Waals surface area contributed by atoms with E-state index in [2.05, 4.69) is 33.2 Å². The lowest BCUT2D eigenvalue weighted by atomic mass is 10.1. The van der Waals surface area contributed by atoms with Crippen LogP contribution < -0.4 is 4.74 Å². The highest BCUT2D eigenvalue weighted by Crippen LogP contribution is 2.17. The highest BCUT2D eigenvalue weighted by atomic mass is 16.5. The monoisotopic (exact) mass is 266 g/mol. The van der Waals surface area contributed by atoms with Gasteiger partial charge in [-0.05, 0) is 18.6 Å². The fourth-order valence-corrected chi connectivity index (χ4v) is 2.43. The van der Waals surface area contributed by atoms with E-state index in [1.165, 1.54) is 5.56 Å². The Morgan fingerprint density at radius 1 is 1.32 bits per heavy atom. The van der Waals surface area contributed by atoms with Crippen LogP contribution in [0.4, 0.5) is 0 Å². The van der Waals surface area contributed by atoms with E-state index < -0.39 is 0 Å². The van der Waals surface area contributed by atoms with E-state index in [9.17, 15) is 5.11 Å². The Morgan fingerprint density at radius 3 is 2.68 bits per heavy atom. The van der Waals surface area contributed by atoms with Gasteiger partial charge in [0.2, 0.25) is 0 Å². The van der Waals surface area contributed by atoms with Gasteiger partial charge in [-0.1, -0.05) is 31.9 Å². The number of methoxy groups -OCH3 is 1. The Hall–Kier alpha value is -1.06. The summed E-state index contributed by atoms with van der Waals surface area (Å²) in [4.78, 5) is 0. The predicted octanol–water partition coefficient (Wildman–Crippen LogP) is 2.82. The summed E-state index contributed by atoms with van der Waals surface area (Å²) in [6.45, 7) is 3.85. The molecule has 0 amide bonds. The highest BCUT2D eigenvalue weighted by Gasteiger charge is 2.20. The Morgan fingerprint density at radius 2 is 2.05 bits per heavy atom. The first kappa shape index (κ1) is 16.0. The molecule has 1 unspecified atom stereocenters. The van der Waals surface area contributed by atoms with Crippen molar-refractivity contribution in [3.8, 4) is 5.75 Å². The van der Waals surface area contributed by atoms with Gasteiger partial charge in [0.25, 0.3) is 0 Å². The molecule has 0 heterocycles. The molecule has 1 aromatic carbocycles. The van der Waals surface area contributed by atoms with Gasteiger partial charge in [-0.15, -0.1) is 0 Å². The zero-order valence-electron chi connectivity index (χ0n) is 12.7. The van der Waals surface area contributed by atoms with Gasteiger partial charge in [0.05, 0.1) is 21.2 Å². The molecule has 0 aromatic heterocycles. The summed E-state index contributed by atoms with van der Waals surface area (Å²) < 4.78 is 6.04. The number of hydrogen-bond acceptors (Lipinski definition) is 2. The number of aliphatic hydroxyl groups excluding tert-OH is 1. The highest BCUT2D eigenvalue weighted by molar-refractivity contribution is 5.27. The lowest BCUT2D eigenvalue weighted by molar-refractivity contribution is -0.906. The summed E-state index contributed by atoms with van der Waals surface area (Å²) in [6.07, 6.45) is 2.93. The van der Waals surface area contributed by atoms with Crippen LogP contribution in [-0.4, -0.2) is 43.4 Å². The first-order chi connectivity index (χ1) is 8.96. The number of hydrogen-bond donors (Lipinski definition) is 1. The standard InChI is InChI=1S/C16H28NO2/c1-5-6-9-15(18)13-17(2,3)12-14-8-7-10-16(11-14)19-4/h7-8,10-11,15,18H,5-6,9,12-13H2,1-4H3/q+1. The van der Waals surface area contributed by atoms with Crippen LogP contribution in [-0.2, 0) is 6.54 Å². The second kappa shape index (κ2) is 7.51. The van der Waals surface area contributed by atoms with E-state index >= 15 is 0 Å². The van der Waals surface area contributed by atoms with E-state index in [-0.39, 0.29) is 6.10 Å². The van der Waals surface area contributed by atoms with Crippen LogP contribution in [0.2, 0.25) is 0 Å². The summed E-state index contributed by atoms with van der Waals surface area (Å²) >= 11 is 0. The molecular weight excluding hydrogens is 238 g/mol. The van der Waals surface area contributed by atoms with Gasteiger partial charge in [-0.2, -0.15) is 0 Å². The molecule has 0 spiro atoms. The summed E-state index contributed by atoms with van der Waals surface area (Å²) in [6, 6.07) is 8.15. The van der Waals surface area contributed by atoms with Crippen molar-refractivity contribution >= 4 is 0 Å². The Kier molecular flexibility index (Phi) is 6.32. The van der Waals surface area contributed by atoms with Crippen molar-refractivity contribution in [2.24, 2.45) is 0 Å². The lowest BCUT2D eigenvalue weighted by Crippen LogP contribution is -2.44. The van der Waals surface area contributed by atoms with Crippen molar-refractivity contribution in [3.05, 3.63) is 29.8 Å². The lowest BCUT2D eigenvalue weighted by Gasteiger charge is -2.32. The Bertz CT molecular complexity index is 377. The molecule has 0 aliphatic rings. The van der Waals surface area contributed by atoms with E-state index in [0.29, 0.717) is 0 Å². The van der Waals surface area contributed by atoms with Gasteiger partial charge >= 0.3 is 0 Å². The fraction of sp³-hybridized carbons (Fsp3) is 0.625. The van der Waals surface area contributed by atoms with E-state index in [1.807, 2.05) is 12.1 Å². The largest absolute Gasteiger partial charge is 0.497 e. The number of rotatable bonds is 8. The van der Waals surface area contributed by atoms with Crippen LogP contribution in [0.25, 0.3) is 0 Å². The average Bonchev–Trinajstić information content (AvgIpc) is 2.35. The van der Waals surface area contributed by atoms with Gasteiger partial charge < -0.3 is 14.3 Å². The smallest absolute Gasteiger partial charge is 0.119 e. The maximum atomic E-state index is 10.1. The third-order valence-electron chi connectivity index (χ3n) is 3.34. The van der Waals surface area contributed by atoms with Crippen LogP contribution in [0, 0.1) is 0 Å². The molecule has 1 atom stereocenters. The minimum absolute atomic E-state index is 0.208. The van der Waals surface area contributed by atoms with Crippen LogP contribution in [0.3, 0.4) is 0 Å². The summed E-state index contributed by atoms with van der Waals surface area (Å²) in [5.74, 6) is 0.893.